The Labute approximate surface area is 114 Å². The van der Waals surface area contributed by atoms with Crippen LogP contribution in [0.3, 0.4) is 0 Å². The summed E-state index contributed by atoms with van der Waals surface area (Å²) in [6.07, 6.45) is 4.92. The average Bonchev–Trinajstić information content (AvgIpc) is 3.07. The molecule has 1 saturated carbocycles. The van der Waals surface area contributed by atoms with Crippen molar-refractivity contribution in [1.82, 2.24) is 15.3 Å². The summed E-state index contributed by atoms with van der Waals surface area (Å²) in [6, 6.07) is 0.296. The van der Waals surface area contributed by atoms with Crippen molar-refractivity contribution in [3.8, 4) is 0 Å². The lowest BCUT2D eigenvalue weighted by Gasteiger charge is -2.09. The Morgan fingerprint density at radius 1 is 1.58 bits per heavy atom. The molecular weight excluding hydrogens is 240 g/mol. The number of nitrogens with one attached hydrogen (secondary N) is 1. The first kappa shape index (κ1) is 13.8. The number of carbonyl (C=O) groups is 1. The minimum Gasteiger partial charge on any atom is -0.396 e. The number of nitrogens with zero attached hydrogens (tertiary/aromatic N) is 2. The minimum absolute atomic E-state index is 0.176. The molecule has 1 heterocycles. The van der Waals surface area contributed by atoms with Crippen LogP contribution in [0.15, 0.2) is 6.20 Å². The van der Waals surface area contributed by atoms with Gasteiger partial charge in [-0.15, -0.1) is 0 Å². The fraction of sp³-hybridized carbons (Fsp3) is 0.643. The molecule has 2 rings (SSSR count). The van der Waals surface area contributed by atoms with Gasteiger partial charge in [0.05, 0.1) is 11.9 Å². The normalized spacial score (nSPS) is 21.5. The number of carbonyl (C=O) groups excluding carboxylic acids is 1. The van der Waals surface area contributed by atoms with Gasteiger partial charge in [-0.25, -0.2) is 9.97 Å². The molecule has 2 unspecified atom stereocenters. The molecule has 19 heavy (non-hydrogen) atoms. The van der Waals surface area contributed by atoms with Crippen molar-refractivity contribution in [2.24, 2.45) is 5.92 Å². The van der Waals surface area contributed by atoms with Crippen LogP contribution in [0.25, 0.3) is 0 Å². The number of anilines is 1. The first-order valence-electron chi connectivity index (χ1n) is 6.96. The van der Waals surface area contributed by atoms with Gasteiger partial charge in [0.15, 0.2) is 5.69 Å². The van der Waals surface area contributed by atoms with E-state index in [1.807, 2.05) is 13.8 Å². The Morgan fingerprint density at radius 2 is 2.32 bits per heavy atom. The van der Waals surface area contributed by atoms with Crippen LogP contribution in [0.4, 0.5) is 5.69 Å². The minimum atomic E-state index is -0.176. The maximum Gasteiger partial charge on any atom is 0.272 e. The SMILES string of the molecule is CCCC1CC1NC(=O)c1nc(C(C)C)ncc1N. The summed E-state index contributed by atoms with van der Waals surface area (Å²) in [4.78, 5) is 20.6. The molecule has 5 nitrogen and oxygen atoms in total. The van der Waals surface area contributed by atoms with E-state index < -0.39 is 0 Å². The van der Waals surface area contributed by atoms with Gasteiger partial charge < -0.3 is 11.1 Å². The summed E-state index contributed by atoms with van der Waals surface area (Å²) in [6.45, 7) is 6.14. The second kappa shape index (κ2) is 5.55. The van der Waals surface area contributed by atoms with Crippen LogP contribution in [0.5, 0.6) is 0 Å². The largest absolute Gasteiger partial charge is 0.396 e. The summed E-state index contributed by atoms with van der Waals surface area (Å²) in [5.74, 6) is 1.29. The van der Waals surface area contributed by atoms with Gasteiger partial charge in [-0.05, 0) is 18.8 Å². The van der Waals surface area contributed by atoms with Crippen molar-refractivity contribution in [1.29, 1.82) is 0 Å². The summed E-state index contributed by atoms with van der Waals surface area (Å²) >= 11 is 0. The maximum atomic E-state index is 12.2. The van der Waals surface area contributed by atoms with Crippen molar-refractivity contribution in [3.05, 3.63) is 17.7 Å². The highest BCUT2D eigenvalue weighted by Gasteiger charge is 2.37. The Hall–Kier alpha value is -1.65. The molecule has 3 N–H and O–H groups in total. The predicted octanol–water partition coefficient (Wildman–Crippen LogP) is 2.10. The summed E-state index contributed by atoms with van der Waals surface area (Å²) in [5.41, 5.74) is 6.44. The number of hydrogen-bond acceptors (Lipinski definition) is 4. The smallest absolute Gasteiger partial charge is 0.272 e. The second-order valence-electron chi connectivity index (χ2n) is 5.55. The van der Waals surface area contributed by atoms with Crippen LogP contribution in [-0.2, 0) is 0 Å². The van der Waals surface area contributed by atoms with Gasteiger partial charge in [0, 0.05) is 12.0 Å². The van der Waals surface area contributed by atoms with Crippen LogP contribution in [-0.4, -0.2) is 21.9 Å². The second-order valence-corrected chi connectivity index (χ2v) is 5.55. The van der Waals surface area contributed by atoms with E-state index in [1.165, 1.54) is 12.6 Å². The van der Waals surface area contributed by atoms with Crippen LogP contribution in [0, 0.1) is 5.92 Å². The zero-order valence-corrected chi connectivity index (χ0v) is 11.8. The van der Waals surface area contributed by atoms with E-state index in [0.29, 0.717) is 29.2 Å². The topological polar surface area (TPSA) is 80.9 Å². The molecule has 0 bridgehead atoms. The fourth-order valence-corrected chi connectivity index (χ4v) is 2.22. The standard InChI is InChI=1S/C14H22N4O/c1-4-5-9-6-11(9)17-14(19)12-10(15)7-16-13(18-12)8(2)3/h7-9,11H,4-6,15H2,1-3H3,(H,17,19). The van der Waals surface area contributed by atoms with E-state index in [-0.39, 0.29) is 11.8 Å². The molecule has 0 spiro atoms. The molecule has 1 aromatic rings. The summed E-state index contributed by atoms with van der Waals surface area (Å²) < 4.78 is 0. The molecule has 104 valence electrons. The van der Waals surface area contributed by atoms with Crippen molar-refractivity contribution in [3.63, 3.8) is 0 Å². The maximum absolute atomic E-state index is 12.2. The van der Waals surface area contributed by atoms with Gasteiger partial charge in [-0.1, -0.05) is 27.2 Å². The third-order valence-electron chi connectivity index (χ3n) is 3.47. The van der Waals surface area contributed by atoms with Gasteiger partial charge in [0.25, 0.3) is 5.91 Å². The molecule has 1 aliphatic carbocycles. The number of amides is 1. The van der Waals surface area contributed by atoms with E-state index >= 15 is 0 Å². The molecule has 0 aromatic carbocycles. The van der Waals surface area contributed by atoms with Crippen molar-refractivity contribution in [2.45, 2.75) is 52.0 Å². The average molecular weight is 262 g/mol. The number of nitrogen functional groups attached to an aromatic ring is 1. The molecular formula is C14H22N4O. The Balaban J connectivity index is 2.05. The van der Waals surface area contributed by atoms with Gasteiger partial charge in [-0.2, -0.15) is 0 Å². The van der Waals surface area contributed by atoms with Gasteiger partial charge >= 0.3 is 0 Å². The highest BCUT2D eigenvalue weighted by molar-refractivity contribution is 5.97. The zero-order valence-electron chi connectivity index (χ0n) is 11.8. The number of hydrogen-bond donors (Lipinski definition) is 2. The quantitative estimate of drug-likeness (QED) is 0.851. The van der Waals surface area contributed by atoms with E-state index in [1.54, 1.807) is 0 Å². The lowest BCUT2D eigenvalue weighted by atomic mass is 10.2. The van der Waals surface area contributed by atoms with Crippen LogP contribution in [0.1, 0.15) is 62.3 Å². The fourth-order valence-electron chi connectivity index (χ4n) is 2.22. The molecule has 5 heteroatoms. The predicted molar refractivity (Wildman–Crippen MR) is 74.8 cm³/mol. The third-order valence-corrected chi connectivity index (χ3v) is 3.47. The summed E-state index contributed by atoms with van der Waals surface area (Å²) in [7, 11) is 0. The molecule has 1 aromatic heterocycles. The molecule has 0 aliphatic heterocycles. The molecule has 2 atom stereocenters. The third kappa shape index (κ3) is 3.22. The van der Waals surface area contributed by atoms with Crippen LogP contribution in [0.2, 0.25) is 0 Å². The Kier molecular flexibility index (Phi) is 4.02. The van der Waals surface area contributed by atoms with Gasteiger partial charge in [0.1, 0.15) is 5.82 Å². The number of nitrogens with two attached hydrogens (primary N) is 1. The molecule has 1 fully saturated rings. The monoisotopic (exact) mass is 262 g/mol. The zero-order chi connectivity index (χ0) is 14.0. The Morgan fingerprint density at radius 3 is 2.95 bits per heavy atom. The van der Waals surface area contributed by atoms with E-state index in [0.717, 1.165) is 12.8 Å². The first-order chi connectivity index (χ1) is 9.02. The lowest BCUT2D eigenvalue weighted by molar-refractivity contribution is 0.0944. The molecule has 1 aliphatic rings. The highest BCUT2D eigenvalue weighted by atomic mass is 16.2. The van der Waals surface area contributed by atoms with Crippen LogP contribution >= 0.6 is 0 Å². The van der Waals surface area contributed by atoms with Gasteiger partial charge in [-0.3, -0.25) is 4.79 Å². The van der Waals surface area contributed by atoms with Crippen molar-refractivity contribution in [2.75, 3.05) is 5.73 Å². The van der Waals surface area contributed by atoms with Gasteiger partial charge in [0.2, 0.25) is 0 Å². The first-order valence-corrected chi connectivity index (χ1v) is 6.96. The molecule has 1 amide bonds. The molecule has 0 saturated heterocycles. The lowest BCUT2D eigenvalue weighted by Crippen LogP contribution is -2.29. The number of rotatable bonds is 5. The Bertz CT molecular complexity index is 473. The van der Waals surface area contributed by atoms with E-state index in [2.05, 4.69) is 22.2 Å². The summed E-state index contributed by atoms with van der Waals surface area (Å²) in [5, 5.41) is 3.00. The van der Waals surface area contributed by atoms with Crippen LogP contribution < -0.4 is 11.1 Å². The highest BCUT2D eigenvalue weighted by Crippen LogP contribution is 2.34. The van der Waals surface area contributed by atoms with Crippen molar-refractivity contribution >= 4 is 11.6 Å². The molecule has 0 radical (unpaired) electrons. The van der Waals surface area contributed by atoms with E-state index in [4.69, 9.17) is 5.73 Å². The van der Waals surface area contributed by atoms with E-state index in [9.17, 15) is 4.79 Å². The number of aromatic nitrogens is 2. The van der Waals surface area contributed by atoms with Crippen molar-refractivity contribution < 1.29 is 4.79 Å².